The van der Waals surface area contributed by atoms with Gasteiger partial charge < -0.3 is 11.5 Å². The van der Waals surface area contributed by atoms with Crippen LogP contribution in [0.5, 0.6) is 0 Å². The molecule has 1 aromatic rings. The molecule has 4 heteroatoms. The van der Waals surface area contributed by atoms with E-state index >= 15 is 0 Å². The van der Waals surface area contributed by atoms with E-state index in [1.165, 1.54) is 0 Å². The van der Waals surface area contributed by atoms with Crippen LogP contribution in [0.15, 0.2) is 30.3 Å². The first-order valence-corrected chi connectivity index (χ1v) is 4.24. The fourth-order valence-electron chi connectivity index (χ4n) is 1.06. The standard InChI is InChI=1S/C10H12N2O2/c11-6-8(13)9(12)10(14)7-4-2-1-3-5-7/h1-5,9H,6,11-12H2. The number of carbonyl (C=O) groups is 2. The Balaban J connectivity index is 2.81. The Hall–Kier alpha value is -1.52. The summed E-state index contributed by atoms with van der Waals surface area (Å²) in [7, 11) is 0. The first kappa shape index (κ1) is 10.6. The van der Waals surface area contributed by atoms with Crippen LogP contribution in [0.3, 0.4) is 0 Å². The van der Waals surface area contributed by atoms with Crippen LogP contribution in [-0.2, 0) is 4.79 Å². The molecule has 0 saturated carbocycles. The van der Waals surface area contributed by atoms with Gasteiger partial charge in [-0.05, 0) is 0 Å². The molecular weight excluding hydrogens is 180 g/mol. The van der Waals surface area contributed by atoms with E-state index in [0.717, 1.165) is 0 Å². The van der Waals surface area contributed by atoms with Crippen molar-refractivity contribution in [2.24, 2.45) is 11.5 Å². The van der Waals surface area contributed by atoms with Gasteiger partial charge in [0, 0.05) is 5.56 Å². The van der Waals surface area contributed by atoms with Crippen molar-refractivity contribution >= 4 is 11.6 Å². The Labute approximate surface area is 81.9 Å². The van der Waals surface area contributed by atoms with Gasteiger partial charge in [0.25, 0.3) is 0 Å². The van der Waals surface area contributed by atoms with E-state index in [9.17, 15) is 9.59 Å². The van der Waals surface area contributed by atoms with Crippen LogP contribution in [0.25, 0.3) is 0 Å². The molecule has 0 aliphatic carbocycles. The van der Waals surface area contributed by atoms with Gasteiger partial charge >= 0.3 is 0 Å². The minimum absolute atomic E-state index is 0.209. The highest BCUT2D eigenvalue weighted by Gasteiger charge is 2.21. The van der Waals surface area contributed by atoms with Crippen molar-refractivity contribution in [2.75, 3.05) is 6.54 Å². The lowest BCUT2D eigenvalue weighted by molar-refractivity contribution is -0.117. The zero-order valence-electron chi connectivity index (χ0n) is 7.64. The molecule has 1 aromatic carbocycles. The number of hydrogen-bond donors (Lipinski definition) is 2. The average Bonchev–Trinajstić information content (AvgIpc) is 2.27. The number of ketones is 2. The van der Waals surface area contributed by atoms with Crippen LogP contribution >= 0.6 is 0 Å². The molecule has 0 aliphatic rings. The lowest BCUT2D eigenvalue weighted by Gasteiger charge is -2.07. The zero-order valence-corrected chi connectivity index (χ0v) is 7.64. The summed E-state index contributed by atoms with van der Waals surface area (Å²) >= 11 is 0. The van der Waals surface area contributed by atoms with Crippen molar-refractivity contribution in [1.29, 1.82) is 0 Å². The molecule has 0 aromatic heterocycles. The Bertz CT molecular complexity index is 335. The first-order chi connectivity index (χ1) is 6.66. The Morgan fingerprint density at radius 1 is 1.21 bits per heavy atom. The topological polar surface area (TPSA) is 86.2 Å². The normalized spacial score (nSPS) is 12.1. The number of hydrogen-bond acceptors (Lipinski definition) is 4. The van der Waals surface area contributed by atoms with Gasteiger partial charge in [0.15, 0.2) is 11.6 Å². The van der Waals surface area contributed by atoms with E-state index in [4.69, 9.17) is 11.5 Å². The quantitative estimate of drug-likeness (QED) is 0.507. The molecule has 4 N–H and O–H groups in total. The van der Waals surface area contributed by atoms with Crippen molar-refractivity contribution in [3.8, 4) is 0 Å². The lowest BCUT2D eigenvalue weighted by atomic mass is 10.0. The maximum atomic E-state index is 11.5. The van der Waals surface area contributed by atoms with Gasteiger partial charge in [0.05, 0.1) is 6.54 Å². The van der Waals surface area contributed by atoms with E-state index in [-0.39, 0.29) is 12.3 Å². The second kappa shape index (κ2) is 4.64. The first-order valence-electron chi connectivity index (χ1n) is 4.24. The van der Waals surface area contributed by atoms with Crippen LogP contribution in [0.2, 0.25) is 0 Å². The minimum Gasteiger partial charge on any atom is -0.324 e. The maximum absolute atomic E-state index is 11.5. The summed E-state index contributed by atoms with van der Waals surface area (Å²) in [6, 6.07) is 7.31. The van der Waals surface area contributed by atoms with Gasteiger partial charge in [-0.3, -0.25) is 9.59 Å². The van der Waals surface area contributed by atoms with Crippen LogP contribution < -0.4 is 11.5 Å². The molecule has 0 heterocycles. The third-order valence-corrected chi connectivity index (χ3v) is 1.89. The molecule has 0 bridgehead atoms. The third kappa shape index (κ3) is 2.25. The highest BCUT2D eigenvalue weighted by atomic mass is 16.2. The van der Waals surface area contributed by atoms with E-state index < -0.39 is 11.8 Å². The molecule has 1 atom stereocenters. The second-order valence-corrected chi connectivity index (χ2v) is 2.88. The summed E-state index contributed by atoms with van der Waals surface area (Å²) in [5, 5.41) is 0. The summed E-state index contributed by atoms with van der Waals surface area (Å²) in [5.41, 5.74) is 11.0. The molecule has 0 spiro atoms. The molecule has 74 valence electrons. The summed E-state index contributed by atoms with van der Waals surface area (Å²) < 4.78 is 0. The summed E-state index contributed by atoms with van der Waals surface area (Å²) in [4.78, 5) is 22.6. The summed E-state index contributed by atoms with van der Waals surface area (Å²) in [6.07, 6.45) is 0. The largest absolute Gasteiger partial charge is 0.324 e. The highest BCUT2D eigenvalue weighted by molar-refractivity contribution is 6.14. The van der Waals surface area contributed by atoms with E-state index in [1.807, 2.05) is 0 Å². The fraction of sp³-hybridized carbons (Fsp3) is 0.200. The minimum atomic E-state index is -1.14. The molecule has 0 amide bonds. The number of benzene rings is 1. The van der Waals surface area contributed by atoms with Crippen LogP contribution in [0, 0.1) is 0 Å². The molecular formula is C10H12N2O2. The molecule has 1 rings (SSSR count). The Morgan fingerprint density at radius 2 is 1.79 bits per heavy atom. The van der Waals surface area contributed by atoms with Crippen molar-refractivity contribution in [3.05, 3.63) is 35.9 Å². The number of rotatable bonds is 4. The fourth-order valence-corrected chi connectivity index (χ4v) is 1.06. The predicted octanol–water partition coefficient (Wildman–Crippen LogP) is -0.276. The summed E-state index contributed by atoms with van der Waals surface area (Å²) in [5.74, 6) is -0.833. The van der Waals surface area contributed by atoms with Crippen molar-refractivity contribution in [1.82, 2.24) is 0 Å². The van der Waals surface area contributed by atoms with Crippen LogP contribution in [-0.4, -0.2) is 24.2 Å². The molecule has 0 fully saturated rings. The van der Waals surface area contributed by atoms with E-state index in [1.54, 1.807) is 30.3 Å². The number of Topliss-reactive ketones (excluding diaryl/α,β-unsaturated/α-hetero) is 2. The molecule has 0 aliphatic heterocycles. The van der Waals surface area contributed by atoms with Crippen molar-refractivity contribution < 1.29 is 9.59 Å². The van der Waals surface area contributed by atoms with Crippen molar-refractivity contribution in [3.63, 3.8) is 0 Å². The lowest BCUT2D eigenvalue weighted by Crippen LogP contribution is -2.42. The van der Waals surface area contributed by atoms with Crippen LogP contribution in [0.1, 0.15) is 10.4 Å². The van der Waals surface area contributed by atoms with E-state index in [0.29, 0.717) is 5.56 Å². The smallest absolute Gasteiger partial charge is 0.187 e. The van der Waals surface area contributed by atoms with Crippen molar-refractivity contribution in [2.45, 2.75) is 6.04 Å². The number of nitrogens with two attached hydrogens (primary N) is 2. The van der Waals surface area contributed by atoms with Gasteiger partial charge in [-0.15, -0.1) is 0 Å². The third-order valence-electron chi connectivity index (χ3n) is 1.89. The monoisotopic (exact) mass is 192 g/mol. The zero-order chi connectivity index (χ0) is 10.6. The van der Waals surface area contributed by atoms with Gasteiger partial charge in [0.1, 0.15) is 6.04 Å². The summed E-state index contributed by atoms with van der Waals surface area (Å²) in [6.45, 7) is -0.209. The second-order valence-electron chi connectivity index (χ2n) is 2.88. The Kier molecular flexibility index (Phi) is 3.50. The van der Waals surface area contributed by atoms with Gasteiger partial charge in [-0.25, -0.2) is 0 Å². The maximum Gasteiger partial charge on any atom is 0.187 e. The number of carbonyl (C=O) groups excluding carboxylic acids is 2. The molecule has 0 radical (unpaired) electrons. The van der Waals surface area contributed by atoms with Gasteiger partial charge in [0.2, 0.25) is 0 Å². The molecule has 14 heavy (non-hydrogen) atoms. The van der Waals surface area contributed by atoms with Crippen LogP contribution in [0.4, 0.5) is 0 Å². The van der Waals surface area contributed by atoms with Gasteiger partial charge in [-0.1, -0.05) is 30.3 Å². The highest BCUT2D eigenvalue weighted by Crippen LogP contribution is 2.02. The predicted molar refractivity (Wildman–Crippen MR) is 52.8 cm³/mol. The molecule has 4 nitrogen and oxygen atoms in total. The SMILES string of the molecule is NCC(=O)C(N)C(=O)c1ccccc1. The molecule has 1 unspecified atom stereocenters. The van der Waals surface area contributed by atoms with E-state index in [2.05, 4.69) is 0 Å². The average molecular weight is 192 g/mol. The van der Waals surface area contributed by atoms with Gasteiger partial charge in [-0.2, -0.15) is 0 Å². The Morgan fingerprint density at radius 3 is 2.29 bits per heavy atom. The molecule has 0 saturated heterocycles.